The summed E-state index contributed by atoms with van der Waals surface area (Å²) in [6, 6.07) is 8.34. The predicted octanol–water partition coefficient (Wildman–Crippen LogP) is 1.98. The second kappa shape index (κ2) is 9.75. The van der Waals surface area contributed by atoms with E-state index in [4.69, 9.17) is 16.0 Å². The lowest BCUT2D eigenvalue weighted by atomic mass is 10.0. The van der Waals surface area contributed by atoms with Crippen LogP contribution in [-0.4, -0.2) is 23.8 Å². The topological polar surface area (TPSA) is 111 Å². The lowest BCUT2D eigenvalue weighted by Gasteiger charge is -2.22. The summed E-state index contributed by atoms with van der Waals surface area (Å²) in [6.45, 7) is 3.65. The highest BCUT2D eigenvalue weighted by atomic mass is 35.5. The van der Waals surface area contributed by atoms with Crippen LogP contribution in [0.5, 0.6) is 0 Å². The molecule has 28 heavy (non-hydrogen) atoms. The number of hydrogen-bond acceptors (Lipinski definition) is 5. The number of amides is 2. The first-order valence-electron chi connectivity index (χ1n) is 8.60. The van der Waals surface area contributed by atoms with Crippen molar-refractivity contribution in [2.75, 3.05) is 0 Å². The summed E-state index contributed by atoms with van der Waals surface area (Å²) in [6.07, 6.45) is 2.93. The molecule has 0 aliphatic rings. The molecular formula is C20H20ClN2O5-. The van der Waals surface area contributed by atoms with Crippen molar-refractivity contribution in [2.45, 2.75) is 26.3 Å². The van der Waals surface area contributed by atoms with Crippen molar-refractivity contribution < 1.29 is 23.9 Å². The SMILES string of the molecule is CC(C)C[C@@H](NC(=O)/C(=C/c1ccc(Cl)cc1)NC(=O)c1ccco1)C(=O)[O-]. The Morgan fingerprint density at radius 1 is 1.18 bits per heavy atom. The third-order valence-electron chi connectivity index (χ3n) is 3.72. The van der Waals surface area contributed by atoms with E-state index in [-0.39, 0.29) is 23.8 Å². The molecule has 1 heterocycles. The standard InChI is InChI=1S/C20H21ClN2O5/c1-12(2)10-16(20(26)27)23-18(24)15(11-13-5-7-14(21)8-6-13)22-19(25)17-4-3-9-28-17/h3-9,11-12,16H,10H2,1-2H3,(H,22,25)(H,23,24)(H,26,27)/p-1/b15-11-/t16-/m1/s1. The molecule has 0 unspecified atom stereocenters. The van der Waals surface area contributed by atoms with Gasteiger partial charge < -0.3 is 25.0 Å². The maximum absolute atomic E-state index is 12.7. The predicted molar refractivity (Wildman–Crippen MR) is 102 cm³/mol. The Kier molecular flexibility index (Phi) is 7.40. The Morgan fingerprint density at radius 3 is 2.39 bits per heavy atom. The first-order valence-corrected chi connectivity index (χ1v) is 8.98. The minimum atomic E-state index is -1.40. The molecule has 7 nitrogen and oxygen atoms in total. The lowest BCUT2D eigenvalue weighted by Crippen LogP contribution is -2.50. The van der Waals surface area contributed by atoms with Crippen molar-refractivity contribution in [1.82, 2.24) is 10.6 Å². The molecule has 148 valence electrons. The summed E-state index contributed by atoms with van der Waals surface area (Å²) >= 11 is 5.86. The van der Waals surface area contributed by atoms with Crippen LogP contribution in [-0.2, 0) is 9.59 Å². The summed E-state index contributed by atoms with van der Waals surface area (Å²) in [4.78, 5) is 36.3. The Hall–Kier alpha value is -3.06. The number of carboxylic acids is 1. The highest BCUT2D eigenvalue weighted by molar-refractivity contribution is 6.30. The van der Waals surface area contributed by atoms with Gasteiger partial charge in [0.05, 0.1) is 18.3 Å². The van der Waals surface area contributed by atoms with Gasteiger partial charge in [-0.2, -0.15) is 0 Å². The molecule has 2 aromatic rings. The highest BCUT2D eigenvalue weighted by Crippen LogP contribution is 2.13. The smallest absolute Gasteiger partial charge is 0.291 e. The van der Waals surface area contributed by atoms with Gasteiger partial charge in [0.1, 0.15) is 5.70 Å². The van der Waals surface area contributed by atoms with E-state index in [1.807, 2.05) is 13.8 Å². The van der Waals surface area contributed by atoms with Gasteiger partial charge in [-0.05, 0) is 48.2 Å². The van der Waals surface area contributed by atoms with E-state index < -0.39 is 23.8 Å². The van der Waals surface area contributed by atoms with Crippen LogP contribution in [0.3, 0.4) is 0 Å². The quantitative estimate of drug-likeness (QED) is 0.654. The van der Waals surface area contributed by atoms with Gasteiger partial charge in [0.25, 0.3) is 11.8 Å². The molecule has 0 bridgehead atoms. The van der Waals surface area contributed by atoms with Crippen molar-refractivity contribution in [3.05, 3.63) is 64.7 Å². The Labute approximate surface area is 167 Å². The number of carboxylic acid groups (broad SMARTS) is 1. The number of halogens is 1. The molecule has 1 atom stereocenters. The molecule has 0 aliphatic heterocycles. The number of carbonyl (C=O) groups is 3. The molecule has 0 saturated carbocycles. The molecule has 0 saturated heterocycles. The van der Waals surface area contributed by atoms with E-state index in [0.29, 0.717) is 10.6 Å². The maximum atomic E-state index is 12.7. The fourth-order valence-electron chi connectivity index (χ4n) is 2.40. The van der Waals surface area contributed by atoms with Crippen LogP contribution in [0.2, 0.25) is 5.02 Å². The molecule has 8 heteroatoms. The van der Waals surface area contributed by atoms with Gasteiger partial charge in [0.15, 0.2) is 5.76 Å². The van der Waals surface area contributed by atoms with Gasteiger partial charge in [-0.25, -0.2) is 0 Å². The average Bonchev–Trinajstić information content (AvgIpc) is 3.16. The van der Waals surface area contributed by atoms with Gasteiger partial charge in [-0.1, -0.05) is 37.6 Å². The highest BCUT2D eigenvalue weighted by Gasteiger charge is 2.20. The van der Waals surface area contributed by atoms with E-state index in [9.17, 15) is 19.5 Å². The normalized spacial score (nSPS) is 12.5. The van der Waals surface area contributed by atoms with Gasteiger partial charge >= 0.3 is 0 Å². The Balaban J connectivity index is 2.28. The van der Waals surface area contributed by atoms with E-state index in [0.717, 1.165) is 0 Å². The molecule has 2 rings (SSSR count). The van der Waals surface area contributed by atoms with Crippen molar-refractivity contribution >= 4 is 35.5 Å². The largest absolute Gasteiger partial charge is 0.548 e. The third-order valence-corrected chi connectivity index (χ3v) is 3.97. The van der Waals surface area contributed by atoms with Gasteiger partial charge in [-0.15, -0.1) is 0 Å². The van der Waals surface area contributed by atoms with E-state index in [1.54, 1.807) is 24.3 Å². The molecule has 1 aromatic heterocycles. The van der Waals surface area contributed by atoms with Crippen molar-refractivity contribution in [2.24, 2.45) is 5.92 Å². The number of benzene rings is 1. The fourth-order valence-corrected chi connectivity index (χ4v) is 2.52. The number of nitrogens with one attached hydrogen (secondary N) is 2. The average molecular weight is 404 g/mol. The zero-order valence-corrected chi connectivity index (χ0v) is 16.2. The van der Waals surface area contributed by atoms with E-state index in [1.165, 1.54) is 24.5 Å². The van der Waals surface area contributed by atoms with Crippen molar-refractivity contribution in [3.8, 4) is 0 Å². The molecule has 2 N–H and O–H groups in total. The minimum absolute atomic E-state index is 0.00781. The monoisotopic (exact) mass is 403 g/mol. The van der Waals surface area contributed by atoms with Crippen LogP contribution < -0.4 is 15.7 Å². The molecule has 0 spiro atoms. The number of furan rings is 1. The molecule has 2 amide bonds. The number of rotatable bonds is 8. The lowest BCUT2D eigenvalue weighted by molar-refractivity contribution is -0.308. The molecule has 1 aromatic carbocycles. The zero-order chi connectivity index (χ0) is 20.7. The maximum Gasteiger partial charge on any atom is 0.291 e. The van der Waals surface area contributed by atoms with Crippen LogP contribution in [0.25, 0.3) is 6.08 Å². The number of carbonyl (C=O) groups excluding carboxylic acids is 3. The zero-order valence-electron chi connectivity index (χ0n) is 15.4. The van der Waals surface area contributed by atoms with Gasteiger partial charge in [0.2, 0.25) is 0 Å². The van der Waals surface area contributed by atoms with Gasteiger partial charge in [-0.3, -0.25) is 9.59 Å². The first-order chi connectivity index (χ1) is 13.3. The van der Waals surface area contributed by atoms with Crippen LogP contribution in [0.1, 0.15) is 36.4 Å². The molecule has 0 fully saturated rings. The second-order valence-corrected chi connectivity index (χ2v) is 6.95. The number of aliphatic carboxylic acids is 1. The summed E-state index contributed by atoms with van der Waals surface area (Å²) in [5.74, 6) is -2.78. The third kappa shape index (κ3) is 6.28. The number of hydrogen-bond donors (Lipinski definition) is 2. The Morgan fingerprint density at radius 2 is 1.86 bits per heavy atom. The summed E-state index contributed by atoms with van der Waals surface area (Å²) < 4.78 is 5.02. The minimum Gasteiger partial charge on any atom is -0.548 e. The van der Waals surface area contributed by atoms with Gasteiger partial charge in [0, 0.05) is 5.02 Å². The van der Waals surface area contributed by atoms with Crippen molar-refractivity contribution in [3.63, 3.8) is 0 Å². The molecular weight excluding hydrogens is 384 g/mol. The van der Waals surface area contributed by atoms with Crippen LogP contribution in [0.4, 0.5) is 0 Å². The molecule has 0 radical (unpaired) electrons. The summed E-state index contributed by atoms with van der Waals surface area (Å²) in [7, 11) is 0. The van der Waals surface area contributed by atoms with Crippen LogP contribution in [0.15, 0.2) is 52.8 Å². The second-order valence-electron chi connectivity index (χ2n) is 6.52. The van der Waals surface area contributed by atoms with Crippen LogP contribution in [0, 0.1) is 5.92 Å². The van der Waals surface area contributed by atoms with Crippen molar-refractivity contribution in [1.29, 1.82) is 0 Å². The first kappa shape index (κ1) is 21.2. The summed E-state index contributed by atoms with van der Waals surface area (Å²) in [5, 5.41) is 16.7. The summed E-state index contributed by atoms with van der Waals surface area (Å²) in [5.41, 5.74) is 0.446. The fraction of sp³-hybridized carbons (Fsp3) is 0.250. The van der Waals surface area contributed by atoms with E-state index in [2.05, 4.69) is 10.6 Å². The van der Waals surface area contributed by atoms with E-state index >= 15 is 0 Å². The Bertz CT molecular complexity index is 857. The van der Waals surface area contributed by atoms with Crippen LogP contribution >= 0.6 is 11.6 Å². The molecule has 0 aliphatic carbocycles.